The highest BCUT2D eigenvalue weighted by Crippen LogP contribution is 2.32. The Balaban J connectivity index is 2.09. The fraction of sp³-hybridized carbons (Fsp3) is 0.125. The smallest absolute Gasteiger partial charge is 0.0735 e. The average Bonchev–Trinajstić information content (AvgIpc) is 2.65. The first-order valence-electron chi connectivity index (χ1n) is 6.26. The number of allylic oxidation sites excluding steroid dienone is 1. The van der Waals surface area contributed by atoms with Gasteiger partial charge in [0.1, 0.15) is 0 Å². The Morgan fingerprint density at radius 3 is 3.06 bits per heavy atom. The van der Waals surface area contributed by atoms with Gasteiger partial charge in [-0.1, -0.05) is 24.3 Å². The van der Waals surface area contributed by atoms with Crippen LogP contribution in [0.5, 0.6) is 0 Å². The van der Waals surface area contributed by atoms with E-state index in [1.165, 1.54) is 11.1 Å². The molecule has 1 aromatic carbocycles. The lowest BCUT2D eigenvalue weighted by atomic mass is 10.00. The molecule has 0 saturated carbocycles. The highest BCUT2D eigenvalue weighted by molar-refractivity contribution is 5.84. The molecule has 86 valence electrons. The molecule has 0 saturated heterocycles. The summed E-state index contributed by atoms with van der Waals surface area (Å²) in [6, 6.07) is 10.3. The van der Waals surface area contributed by atoms with Gasteiger partial charge >= 0.3 is 0 Å². The van der Waals surface area contributed by atoms with Crippen LogP contribution < -0.4 is 0 Å². The molecule has 0 amide bonds. The normalized spacial score (nSPS) is 14.0. The van der Waals surface area contributed by atoms with Crippen molar-refractivity contribution in [3.05, 3.63) is 53.9 Å². The molecule has 3 aliphatic rings. The predicted octanol–water partition coefficient (Wildman–Crippen LogP) is 3.69. The number of rotatable bonds is 0. The summed E-state index contributed by atoms with van der Waals surface area (Å²) in [5.74, 6) is 0. The van der Waals surface area contributed by atoms with Crippen molar-refractivity contribution in [2.75, 3.05) is 0 Å². The van der Waals surface area contributed by atoms with Crippen LogP contribution in [0.3, 0.4) is 0 Å². The number of fused-ring (bicyclic) bond motifs is 4. The van der Waals surface area contributed by atoms with E-state index in [1.54, 1.807) is 0 Å². The van der Waals surface area contributed by atoms with Gasteiger partial charge in [-0.05, 0) is 36.6 Å². The molecule has 2 heterocycles. The van der Waals surface area contributed by atoms with E-state index < -0.39 is 0 Å². The van der Waals surface area contributed by atoms with E-state index in [4.69, 9.17) is 4.98 Å². The van der Waals surface area contributed by atoms with Crippen molar-refractivity contribution in [2.45, 2.75) is 12.8 Å². The first kappa shape index (κ1) is 9.77. The number of hydrogen-bond acceptors (Lipinski definition) is 2. The maximum Gasteiger partial charge on any atom is 0.0735 e. The lowest BCUT2D eigenvalue weighted by Gasteiger charge is -2.03. The van der Waals surface area contributed by atoms with Crippen LogP contribution in [0.1, 0.15) is 17.7 Å². The van der Waals surface area contributed by atoms with Crippen molar-refractivity contribution < 1.29 is 0 Å². The lowest BCUT2D eigenvalue weighted by Crippen LogP contribution is -1.90. The molecule has 2 nitrogen and oxygen atoms in total. The van der Waals surface area contributed by atoms with Crippen molar-refractivity contribution in [1.82, 2.24) is 9.97 Å². The van der Waals surface area contributed by atoms with E-state index in [0.29, 0.717) is 0 Å². The SMILES string of the molecule is C1=Cc2nc3cc4ccccc4ncc-3c2CC1. The van der Waals surface area contributed by atoms with Crippen LogP contribution >= 0.6 is 0 Å². The molecule has 0 unspecified atom stereocenters. The Morgan fingerprint density at radius 2 is 2.06 bits per heavy atom. The van der Waals surface area contributed by atoms with Crippen molar-refractivity contribution in [1.29, 1.82) is 0 Å². The van der Waals surface area contributed by atoms with Crippen molar-refractivity contribution in [3.63, 3.8) is 0 Å². The van der Waals surface area contributed by atoms with Gasteiger partial charge in [0.15, 0.2) is 0 Å². The van der Waals surface area contributed by atoms with E-state index in [0.717, 1.165) is 35.1 Å². The number of hydrogen-bond donors (Lipinski definition) is 0. The standard InChI is InChI=1S/C16H12N2/c1-3-7-14-11(5-1)9-16-13(10-17-14)12-6-2-4-8-15(12)18-16/h1,3-5,7-10H,2,6H2. The Kier molecular flexibility index (Phi) is 1.97. The second-order valence-electron chi connectivity index (χ2n) is 4.68. The highest BCUT2D eigenvalue weighted by Gasteiger charge is 2.17. The molecule has 0 spiro atoms. The van der Waals surface area contributed by atoms with Gasteiger partial charge < -0.3 is 0 Å². The first-order chi connectivity index (χ1) is 8.92. The minimum atomic E-state index is 1.02. The third kappa shape index (κ3) is 1.35. The van der Waals surface area contributed by atoms with Gasteiger partial charge in [0.2, 0.25) is 0 Å². The summed E-state index contributed by atoms with van der Waals surface area (Å²) in [4.78, 5) is 9.30. The van der Waals surface area contributed by atoms with E-state index in [9.17, 15) is 0 Å². The molecule has 2 heteroatoms. The van der Waals surface area contributed by atoms with Crippen LogP contribution in [0, 0.1) is 0 Å². The Morgan fingerprint density at radius 1 is 1.11 bits per heavy atom. The number of nitrogens with zero attached hydrogens (tertiary/aromatic N) is 2. The summed E-state index contributed by atoms with van der Waals surface area (Å²) in [6.07, 6.45) is 8.47. The minimum Gasteiger partial charge on any atom is -0.256 e. The zero-order chi connectivity index (χ0) is 11.9. The summed E-state index contributed by atoms with van der Waals surface area (Å²) < 4.78 is 0. The van der Waals surface area contributed by atoms with Crippen LogP contribution in [0.4, 0.5) is 0 Å². The average molecular weight is 232 g/mol. The van der Waals surface area contributed by atoms with E-state index in [1.807, 2.05) is 24.4 Å². The molecule has 1 aliphatic carbocycles. The molecule has 0 radical (unpaired) electrons. The lowest BCUT2D eigenvalue weighted by molar-refractivity contribution is 0.987. The van der Waals surface area contributed by atoms with Crippen molar-refractivity contribution in [2.24, 2.45) is 0 Å². The van der Waals surface area contributed by atoms with E-state index in [-0.39, 0.29) is 0 Å². The topological polar surface area (TPSA) is 25.8 Å². The van der Waals surface area contributed by atoms with Gasteiger partial charge in [-0.15, -0.1) is 0 Å². The third-order valence-electron chi connectivity index (χ3n) is 3.55. The van der Waals surface area contributed by atoms with Gasteiger partial charge in [0, 0.05) is 17.1 Å². The van der Waals surface area contributed by atoms with Gasteiger partial charge in [0.05, 0.1) is 16.9 Å². The van der Waals surface area contributed by atoms with Crippen LogP contribution in [-0.2, 0) is 6.42 Å². The van der Waals surface area contributed by atoms with Gasteiger partial charge in [-0.3, -0.25) is 4.98 Å². The largest absolute Gasteiger partial charge is 0.256 e. The van der Waals surface area contributed by atoms with Crippen LogP contribution in [0.2, 0.25) is 0 Å². The minimum absolute atomic E-state index is 1.02. The fourth-order valence-electron chi connectivity index (χ4n) is 2.64. The van der Waals surface area contributed by atoms with Crippen LogP contribution in [0.25, 0.3) is 28.2 Å². The molecular weight excluding hydrogens is 220 g/mol. The quantitative estimate of drug-likeness (QED) is 0.590. The molecule has 0 bridgehead atoms. The number of benzene rings is 1. The van der Waals surface area contributed by atoms with Crippen molar-refractivity contribution >= 4 is 17.0 Å². The summed E-state index contributed by atoms with van der Waals surface area (Å²) in [5.41, 5.74) is 5.75. The zero-order valence-corrected chi connectivity index (χ0v) is 9.93. The molecule has 0 atom stereocenters. The predicted molar refractivity (Wildman–Crippen MR) is 73.5 cm³/mol. The van der Waals surface area contributed by atoms with Gasteiger partial charge in [0.25, 0.3) is 0 Å². The Hall–Kier alpha value is -2.22. The monoisotopic (exact) mass is 232 g/mol. The van der Waals surface area contributed by atoms with Gasteiger partial charge in [-0.25, -0.2) is 4.98 Å². The molecule has 2 aliphatic heterocycles. The molecule has 0 aromatic heterocycles. The summed E-state index contributed by atoms with van der Waals surface area (Å²) in [7, 11) is 0. The number of para-hydroxylation sites is 1. The fourth-order valence-corrected chi connectivity index (χ4v) is 2.64. The van der Waals surface area contributed by atoms with Crippen molar-refractivity contribution in [3.8, 4) is 11.3 Å². The second kappa shape index (κ2) is 3.64. The first-order valence-corrected chi connectivity index (χ1v) is 6.26. The molecule has 0 N–H and O–H groups in total. The van der Waals surface area contributed by atoms with E-state index >= 15 is 0 Å². The van der Waals surface area contributed by atoms with Gasteiger partial charge in [-0.2, -0.15) is 0 Å². The highest BCUT2D eigenvalue weighted by atomic mass is 14.8. The summed E-state index contributed by atoms with van der Waals surface area (Å²) >= 11 is 0. The molecule has 4 rings (SSSR count). The molecule has 0 fully saturated rings. The summed E-state index contributed by atoms with van der Waals surface area (Å²) in [6.45, 7) is 0. The molecule has 1 aromatic rings. The zero-order valence-electron chi connectivity index (χ0n) is 9.93. The second-order valence-corrected chi connectivity index (χ2v) is 4.68. The maximum atomic E-state index is 4.72. The van der Waals surface area contributed by atoms with Crippen LogP contribution in [-0.4, -0.2) is 9.97 Å². The molecule has 18 heavy (non-hydrogen) atoms. The third-order valence-corrected chi connectivity index (χ3v) is 3.55. The van der Waals surface area contributed by atoms with E-state index in [2.05, 4.69) is 29.3 Å². The molecular formula is C16H12N2. The summed E-state index contributed by atoms with van der Waals surface area (Å²) in [5, 5.41) is 1.14. The Labute approximate surface area is 105 Å². The Bertz CT molecular complexity index is 743. The maximum absolute atomic E-state index is 4.72. The number of aromatic nitrogens is 2. The van der Waals surface area contributed by atoms with Crippen LogP contribution in [0.15, 0.2) is 42.6 Å².